The van der Waals surface area contributed by atoms with Crippen LogP contribution >= 0.6 is 0 Å². The average Bonchev–Trinajstić information content (AvgIpc) is 3.63. The van der Waals surface area contributed by atoms with E-state index in [1.165, 1.54) is 4.90 Å². The molecular formula is C30H29F2N5O4. The number of hydrogen-bond acceptors (Lipinski definition) is 6. The predicted octanol–water partition coefficient (Wildman–Crippen LogP) is 3.32. The van der Waals surface area contributed by atoms with Gasteiger partial charge in [-0.3, -0.25) is 29.7 Å². The number of carbonyl (C=O) groups is 3. The first-order chi connectivity index (χ1) is 19.7. The van der Waals surface area contributed by atoms with Crippen molar-refractivity contribution in [2.75, 3.05) is 19.7 Å². The molecule has 2 N–H and O–H groups in total. The molecule has 7 rings (SSSR count). The summed E-state index contributed by atoms with van der Waals surface area (Å²) in [5.74, 6) is -3.97. The van der Waals surface area contributed by atoms with Crippen molar-refractivity contribution in [1.29, 1.82) is 0 Å². The lowest BCUT2D eigenvalue weighted by Crippen LogP contribution is -2.58. The first-order valence-electron chi connectivity index (χ1n) is 13.8. The standard InChI is InChI=1S/C30H29F2N5O4/c1-17-21(12-33-35-17)19-4-2-3-18(11-19)13-36-10-9-29(30(31,32)15-36)16-41-26-22-14-37(24-7-8-25(38)34-27(24)39)28(40)20(22)5-6-23(26)29/h2-6,11-12,24H,7-10,13-16H2,1H3,(H,33,35)(H,34,38,39). The summed E-state index contributed by atoms with van der Waals surface area (Å²) in [6, 6.07) is 10.3. The number of imide groups is 1. The number of benzene rings is 2. The largest absolute Gasteiger partial charge is 0.492 e. The monoisotopic (exact) mass is 561 g/mol. The maximum absolute atomic E-state index is 16.1. The fraction of sp³-hybridized carbons (Fsp3) is 0.400. The lowest BCUT2D eigenvalue weighted by Gasteiger charge is -2.44. The molecule has 41 heavy (non-hydrogen) atoms. The van der Waals surface area contributed by atoms with Gasteiger partial charge in [0.25, 0.3) is 11.8 Å². The number of halogens is 2. The van der Waals surface area contributed by atoms with Crippen LogP contribution in [0.15, 0.2) is 42.6 Å². The van der Waals surface area contributed by atoms with Crippen molar-refractivity contribution in [2.45, 2.75) is 56.7 Å². The van der Waals surface area contributed by atoms with E-state index >= 15 is 8.78 Å². The molecule has 2 fully saturated rings. The van der Waals surface area contributed by atoms with Crippen molar-refractivity contribution in [1.82, 2.24) is 25.3 Å². The number of ether oxygens (including phenoxy) is 1. The zero-order valence-corrected chi connectivity index (χ0v) is 22.5. The third-order valence-corrected chi connectivity index (χ3v) is 9.10. The fourth-order valence-electron chi connectivity index (χ4n) is 6.86. The van der Waals surface area contributed by atoms with E-state index in [0.29, 0.717) is 35.5 Å². The van der Waals surface area contributed by atoms with E-state index in [1.54, 1.807) is 17.0 Å². The second-order valence-corrected chi connectivity index (χ2v) is 11.5. The minimum atomic E-state index is -3.07. The Kier molecular flexibility index (Phi) is 5.79. The normalized spacial score (nSPS) is 25.3. The van der Waals surface area contributed by atoms with Crippen LogP contribution in [-0.2, 0) is 28.1 Å². The summed E-state index contributed by atoms with van der Waals surface area (Å²) in [5, 5.41) is 9.33. The number of aromatic nitrogens is 2. The number of rotatable bonds is 4. The molecule has 4 aliphatic rings. The van der Waals surface area contributed by atoms with Crippen molar-refractivity contribution in [3.05, 3.63) is 70.5 Å². The van der Waals surface area contributed by atoms with Gasteiger partial charge in [-0.25, -0.2) is 8.78 Å². The number of aryl methyl sites for hydroxylation is 1. The topological polar surface area (TPSA) is 108 Å². The number of fused-ring (bicyclic) bond motifs is 4. The summed E-state index contributed by atoms with van der Waals surface area (Å²) < 4.78 is 38.3. The van der Waals surface area contributed by atoms with E-state index in [0.717, 1.165) is 22.4 Å². The maximum atomic E-state index is 16.1. The second kappa shape index (κ2) is 9.20. The van der Waals surface area contributed by atoms with Crippen molar-refractivity contribution in [3.8, 4) is 16.9 Å². The predicted molar refractivity (Wildman–Crippen MR) is 143 cm³/mol. The lowest BCUT2D eigenvalue weighted by molar-refractivity contribution is -0.137. The third kappa shape index (κ3) is 3.97. The SMILES string of the molecule is Cc1n[nH]cc1-c1cccc(CN2CCC3(COc4c3ccc3c4CN(C4CCC(=O)NC4=O)C3=O)C(F)(F)C2)c1. The first-order valence-corrected chi connectivity index (χ1v) is 13.8. The third-order valence-electron chi connectivity index (χ3n) is 9.10. The number of aromatic amines is 1. The van der Waals surface area contributed by atoms with E-state index in [2.05, 4.69) is 15.5 Å². The number of nitrogens with zero attached hydrogens (tertiary/aromatic N) is 3. The number of H-pyrrole nitrogens is 1. The molecule has 0 bridgehead atoms. The first kappa shape index (κ1) is 25.8. The van der Waals surface area contributed by atoms with Gasteiger partial charge in [0, 0.05) is 41.4 Å². The highest BCUT2D eigenvalue weighted by Crippen LogP contribution is 2.55. The van der Waals surface area contributed by atoms with Crippen LogP contribution < -0.4 is 10.1 Å². The molecule has 2 aromatic carbocycles. The van der Waals surface area contributed by atoms with Gasteiger partial charge in [-0.2, -0.15) is 5.10 Å². The van der Waals surface area contributed by atoms with E-state index in [-0.39, 0.29) is 44.2 Å². The number of piperidine rings is 2. The molecule has 2 unspecified atom stereocenters. The average molecular weight is 562 g/mol. The molecule has 5 heterocycles. The number of alkyl halides is 2. The van der Waals surface area contributed by atoms with E-state index in [4.69, 9.17) is 4.74 Å². The molecule has 2 atom stereocenters. The van der Waals surface area contributed by atoms with Crippen molar-refractivity contribution in [3.63, 3.8) is 0 Å². The molecule has 3 aromatic rings. The van der Waals surface area contributed by atoms with Crippen LogP contribution in [0.2, 0.25) is 0 Å². The fourth-order valence-corrected chi connectivity index (χ4v) is 6.86. The molecular weight excluding hydrogens is 532 g/mol. The molecule has 4 aliphatic heterocycles. The van der Waals surface area contributed by atoms with E-state index in [9.17, 15) is 14.4 Å². The highest BCUT2D eigenvalue weighted by Gasteiger charge is 2.62. The van der Waals surface area contributed by atoms with Gasteiger partial charge in [-0.15, -0.1) is 0 Å². The van der Waals surface area contributed by atoms with Gasteiger partial charge in [0.05, 0.1) is 24.2 Å². The van der Waals surface area contributed by atoms with Crippen LogP contribution in [0.1, 0.15) is 52.0 Å². The molecule has 1 aromatic heterocycles. The van der Waals surface area contributed by atoms with Gasteiger partial charge in [-0.05, 0) is 49.6 Å². The Morgan fingerprint density at radius 2 is 2.00 bits per heavy atom. The number of likely N-dealkylation sites (tertiary alicyclic amines) is 1. The molecule has 3 amide bonds. The molecule has 212 valence electrons. The maximum Gasteiger partial charge on any atom is 0.273 e. The molecule has 9 nitrogen and oxygen atoms in total. The quantitative estimate of drug-likeness (QED) is 0.474. The summed E-state index contributed by atoms with van der Waals surface area (Å²) in [6.45, 7) is 2.28. The Morgan fingerprint density at radius 1 is 1.15 bits per heavy atom. The molecule has 2 saturated heterocycles. The second-order valence-electron chi connectivity index (χ2n) is 11.5. The Bertz CT molecular complexity index is 1600. The zero-order chi connectivity index (χ0) is 28.5. The van der Waals surface area contributed by atoms with Gasteiger partial charge < -0.3 is 9.64 Å². The smallest absolute Gasteiger partial charge is 0.273 e. The lowest BCUT2D eigenvalue weighted by atomic mass is 9.71. The van der Waals surface area contributed by atoms with E-state index in [1.807, 2.05) is 37.4 Å². The van der Waals surface area contributed by atoms with Crippen LogP contribution in [0.4, 0.5) is 8.78 Å². The molecule has 0 saturated carbocycles. The Balaban J connectivity index is 1.12. The van der Waals surface area contributed by atoms with Crippen molar-refractivity contribution >= 4 is 17.7 Å². The minimum Gasteiger partial charge on any atom is -0.492 e. The number of carbonyl (C=O) groups excluding carboxylic acids is 3. The Morgan fingerprint density at radius 3 is 2.76 bits per heavy atom. The van der Waals surface area contributed by atoms with Gasteiger partial charge in [-0.1, -0.05) is 24.3 Å². The summed E-state index contributed by atoms with van der Waals surface area (Å²) in [7, 11) is 0. The van der Waals surface area contributed by atoms with Gasteiger partial charge in [0.1, 0.15) is 18.4 Å². The van der Waals surface area contributed by atoms with Gasteiger partial charge in [0.2, 0.25) is 11.8 Å². The molecule has 0 radical (unpaired) electrons. The zero-order valence-electron chi connectivity index (χ0n) is 22.5. The Labute approximate surface area is 234 Å². The van der Waals surface area contributed by atoms with E-state index < -0.39 is 29.8 Å². The minimum absolute atomic E-state index is 0.0872. The number of hydrogen-bond donors (Lipinski definition) is 2. The van der Waals surface area contributed by atoms with Gasteiger partial charge >= 0.3 is 0 Å². The summed E-state index contributed by atoms with van der Waals surface area (Å²) in [5.41, 5.74) is 3.63. The van der Waals surface area contributed by atoms with Crippen LogP contribution in [0, 0.1) is 6.92 Å². The molecule has 0 aliphatic carbocycles. The molecule has 1 spiro atoms. The summed E-state index contributed by atoms with van der Waals surface area (Å²) in [4.78, 5) is 40.4. The van der Waals surface area contributed by atoms with Gasteiger partial charge in [0.15, 0.2) is 0 Å². The molecule has 11 heteroatoms. The van der Waals surface area contributed by atoms with Crippen molar-refractivity contribution < 1.29 is 27.9 Å². The highest BCUT2D eigenvalue weighted by atomic mass is 19.3. The van der Waals surface area contributed by atoms with Crippen molar-refractivity contribution in [2.24, 2.45) is 0 Å². The van der Waals surface area contributed by atoms with Crippen LogP contribution in [0.3, 0.4) is 0 Å². The highest BCUT2D eigenvalue weighted by molar-refractivity contribution is 6.05. The van der Waals surface area contributed by atoms with Crippen LogP contribution in [-0.4, -0.2) is 69.4 Å². The van der Waals surface area contributed by atoms with Crippen LogP contribution in [0.25, 0.3) is 11.1 Å². The summed E-state index contributed by atoms with van der Waals surface area (Å²) in [6.07, 6.45) is 2.41. The summed E-state index contributed by atoms with van der Waals surface area (Å²) >= 11 is 0. The number of amides is 3. The van der Waals surface area contributed by atoms with Crippen LogP contribution in [0.5, 0.6) is 5.75 Å². The number of nitrogens with one attached hydrogen (secondary N) is 2. The Hall–Kier alpha value is -4.12.